The molecular formula is C20H29N3O4. The minimum absolute atomic E-state index is 0.0578. The lowest BCUT2D eigenvalue weighted by atomic mass is 9.95. The quantitative estimate of drug-likeness (QED) is 0.522. The zero-order chi connectivity index (χ0) is 20.2. The van der Waals surface area contributed by atoms with Crippen molar-refractivity contribution in [3.63, 3.8) is 0 Å². The number of hydrogen-bond donors (Lipinski definition) is 0. The Balaban J connectivity index is 2.73. The van der Waals surface area contributed by atoms with Gasteiger partial charge in [-0.25, -0.2) is 10.0 Å². The molecule has 2 aromatic heterocycles. The number of nitrogens with zero attached hydrogens (tertiary/aromatic N) is 3. The largest absolute Gasteiger partial charge is 0.481 e. The van der Waals surface area contributed by atoms with Crippen molar-refractivity contribution in [3.8, 4) is 5.88 Å². The first kappa shape index (κ1) is 20.9. The first-order valence-corrected chi connectivity index (χ1v) is 9.18. The van der Waals surface area contributed by atoms with Gasteiger partial charge in [0.1, 0.15) is 5.56 Å². The standard InChI is InChI=1S/C20H29N3O4/c1-7-8-9-10-20(2,3)23-13-15(19(25)22(4)27-6)18(24)14-12-21-17(26-5)11-16(14)23/h11-13H,7-10H2,1-6H3. The minimum Gasteiger partial charge on any atom is -0.481 e. The van der Waals surface area contributed by atoms with Crippen LogP contribution in [-0.2, 0) is 10.4 Å². The minimum atomic E-state index is -0.488. The molecule has 0 saturated carbocycles. The number of hydrogen-bond acceptors (Lipinski definition) is 5. The zero-order valence-electron chi connectivity index (χ0n) is 17.0. The van der Waals surface area contributed by atoms with Crippen LogP contribution in [0.3, 0.4) is 0 Å². The molecule has 0 unspecified atom stereocenters. The van der Waals surface area contributed by atoms with Gasteiger partial charge in [-0.15, -0.1) is 0 Å². The van der Waals surface area contributed by atoms with E-state index in [9.17, 15) is 9.59 Å². The van der Waals surface area contributed by atoms with E-state index in [1.54, 1.807) is 12.3 Å². The first-order chi connectivity index (χ1) is 12.8. The molecule has 2 heterocycles. The number of unbranched alkanes of at least 4 members (excludes halogenated alkanes) is 2. The van der Waals surface area contributed by atoms with Crippen LogP contribution >= 0.6 is 0 Å². The number of ether oxygens (including phenoxy) is 1. The highest BCUT2D eigenvalue weighted by Crippen LogP contribution is 2.28. The third-order valence-corrected chi connectivity index (χ3v) is 4.91. The Morgan fingerprint density at radius 3 is 2.59 bits per heavy atom. The van der Waals surface area contributed by atoms with Crippen molar-refractivity contribution in [3.05, 3.63) is 34.2 Å². The van der Waals surface area contributed by atoms with Gasteiger partial charge in [-0.05, 0) is 20.3 Å². The summed E-state index contributed by atoms with van der Waals surface area (Å²) in [4.78, 5) is 34.7. The normalized spacial score (nSPS) is 11.6. The molecule has 27 heavy (non-hydrogen) atoms. The van der Waals surface area contributed by atoms with Crippen molar-refractivity contribution < 1.29 is 14.4 Å². The molecule has 0 fully saturated rings. The van der Waals surface area contributed by atoms with E-state index < -0.39 is 5.91 Å². The lowest BCUT2D eigenvalue weighted by Crippen LogP contribution is -2.34. The molecule has 0 N–H and O–H groups in total. The summed E-state index contributed by atoms with van der Waals surface area (Å²) in [5.74, 6) is -0.0635. The lowest BCUT2D eigenvalue weighted by Gasteiger charge is -2.31. The Labute approximate surface area is 159 Å². The molecule has 0 aliphatic heterocycles. The summed E-state index contributed by atoms with van der Waals surface area (Å²) in [6, 6.07) is 1.74. The van der Waals surface area contributed by atoms with E-state index >= 15 is 0 Å². The van der Waals surface area contributed by atoms with Gasteiger partial charge in [0.2, 0.25) is 11.3 Å². The fourth-order valence-corrected chi connectivity index (χ4v) is 3.15. The predicted molar refractivity (Wildman–Crippen MR) is 105 cm³/mol. The van der Waals surface area contributed by atoms with Crippen molar-refractivity contribution >= 4 is 16.8 Å². The summed E-state index contributed by atoms with van der Waals surface area (Å²) in [6.45, 7) is 6.37. The van der Waals surface area contributed by atoms with Crippen molar-refractivity contribution in [2.24, 2.45) is 0 Å². The van der Waals surface area contributed by atoms with Gasteiger partial charge in [0.25, 0.3) is 5.91 Å². The highest BCUT2D eigenvalue weighted by molar-refractivity contribution is 5.96. The molecular weight excluding hydrogens is 346 g/mol. The number of carbonyl (C=O) groups excluding carboxylic acids is 1. The van der Waals surface area contributed by atoms with Gasteiger partial charge in [0, 0.05) is 31.0 Å². The number of rotatable bonds is 8. The molecule has 148 valence electrons. The topological polar surface area (TPSA) is 73.7 Å². The highest BCUT2D eigenvalue weighted by atomic mass is 16.7. The summed E-state index contributed by atoms with van der Waals surface area (Å²) < 4.78 is 7.23. The van der Waals surface area contributed by atoms with Crippen molar-refractivity contribution in [2.45, 2.75) is 52.0 Å². The summed E-state index contributed by atoms with van der Waals surface area (Å²) in [6.07, 6.45) is 7.33. The Hall–Kier alpha value is -2.41. The first-order valence-electron chi connectivity index (χ1n) is 9.18. The molecule has 0 spiro atoms. The van der Waals surface area contributed by atoms with Gasteiger partial charge in [0.05, 0.1) is 25.1 Å². The van der Waals surface area contributed by atoms with Gasteiger partial charge >= 0.3 is 0 Å². The number of aromatic nitrogens is 2. The lowest BCUT2D eigenvalue weighted by molar-refractivity contribution is -0.0758. The summed E-state index contributed by atoms with van der Waals surface area (Å²) in [5.41, 5.74) is 0.0933. The van der Waals surface area contributed by atoms with E-state index in [0.717, 1.165) is 30.7 Å². The molecule has 0 radical (unpaired) electrons. The Kier molecular flexibility index (Phi) is 6.59. The third kappa shape index (κ3) is 4.30. The Bertz CT molecular complexity index is 873. The average molecular weight is 375 g/mol. The van der Waals surface area contributed by atoms with Gasteiger partial charge in [-0.3, -0.25) is 14.4 Å². The molecule has 0 atom stereocenters. The second kappa shape index (κ2) is 8.52. The van der Waals surface area contributed by atoms with Crippen molar-refractivity contribution in [2.75, 3.05) is 21.3 Å². The molecule has 2 rings (SSSR count). The van der Waals surface area contributed by atoms with Gasteiger partial charge in [-0.2, -0.15) is 0 Å². The number of carbonyl (C=O) groups is 1. The van der Waals surface area contributed by atoms with E-state index in [1.807, 2.05) is 4.57 Å². The number of methoxy groups -OCH3 is 1. The maximum atomic E-state index is 12.9. The summed E-state index contributed by atoms with van der Waals surface area (Å²) in [5, 5.41) is 1.43. The monoisotopic (exact) mass is 375 g/mol. The Morgan fingerprint density at radius 1 is 1.30 bits per heavy atom. The maximum absolute atomic E-state index is 12.9. The van der Waals surface area contributed by atoms with Gasteiger partial charge in [-0.1, -0.05) is 26.2 Å². The van der Waals surface area contributed by atoms with Gasteiger partial charge in [0.15, 0.2) is 0 Å². The molecule has 7 heteroatoms. The molecule has 2 aromatic rings. The second-order valence-electron chi connectivity index (χ2n) is 7.24. The fourth-order valence-electron chi connectivity index (χ4n) is 3.15. The smallest absolute Gasteiger partial charge is 0.282 e. The van der Waals surface area contributed by atoms with Gasteiger partial charge < -0.3 is 9.30 Å². The molecule has 1 amide bonds. The van der Waals surface area contributed by atoms with Crippen LogP contribution in [0.25, 0.3) is 10.9 Å². The van der Waals surface area contributed by atoms with Crippen LogP contribution < -0.4 is 10.2 Å². The molecule has 0 bridgehead atoms. The van der Waals surface area contributed by atoms with Crippen LogP contribution in [0.15, 0.2) is 23.3 Å². The summed E-state index contributed by atoms with van der Waals surface area (Å²) in [7, 11) is 4.40. The van der Waals surface area contributed by atoms with Crippen LogP contribution in [0, 0.1) is 0 Å². The molecule has 7 nitrogen and oxygen atoms in total. The van der Waals surface area contributed by atoms with E-state index in [-0.39, 0.29) is 16.5 Å². The number of pyridine rings is 2. The fraction of sp³-hybridized carbons (Fsp3) is 0.550. The maximum Gasteiger partial charge on any atom is 0.282 e. The number of amides is 1. The SMILES string of the molecule is CCCCCC(C)(C)n1cc(C(=O)N(C)OC)c(=O)c2cnc(OC)cc21. The van der Waals surface area contributed by atoms with E-state index in [0.29, 0.717) is 16.8 Å². The molecule has 0 aliphatic carbocycles. The van der Waals surface area contributed by atoms with E-state index in [1.165, 1.54) is 27.5 Å². The highest BCUT2D eigenvalue weighted by Gasteiger charge is 2.26. The predicted octanol–water partition coefficient (Wildman–Crippen LogP) is 3.35. The average Bonchev–Trinajstić information content (AvgIpc) is 2.66. The molecule has 0 aromatic carbocycles. The number of hydroxylamine groups is 2. The molecule has 0 aliphatic rings. The van der Waals surface area contributed by atoms with Crippen LogP contribution in [0.2, 0.25) is 0 Å². The third-order valence-electron chi connectivity index (χ3n) is 4.91. The van der Waals surface area contributed by atoms with Crippen LogP contribution in [0.1, 0.15) is 56.8 Å². The van der Waals surface area contributed by atoms with Crippen molar-refractivity contribution in [1.29, 1.82) is 0 Å². The van der Waals surface area contributed by atoms with Crippen LogP contribution in [0.5, 0.6) is 5.88 Å². The molecule has 0 saturated heterocycles. The van der Waals surface area contributed by atoms with Crippen LogP contribution in [0.4, 0.5) is 0 Å². The van der Waals surface area contributed by atoms with Crippen LogP contribution in [-0.4, -0.2) is 41.8 Å². The second-order valence-corrected chi connectivity index (χ2v) is 7.24. The van der Waals surface area contributed by atoms with Crippen molar-refractivity contribution in [1.82, 2.24) is 14.6 Å². The van der Waals surface area contributed by atoms with E-state index in [4.69, 9.17) is 9.57 Å². The Morgan fingerprint density at radius 2 is 2.00 bits per heavy atom. The number of fused-ring (bicyclic) bond motifs is 1. The summed E-state index contributed by atoms with van der Waals surface area (Å²) >= 11 is 0. The zero-order valence-corrected chi connectivity index (χ0v) is 17.0. The van der Waals surface area contributed by atoms with E-state index in [2.05, 4.69) is 25.8 Å².